The Morgan fingerprint density at radius 3 is 2.48 bits per heavy atom. The third-order valence-electron chi connectivity index (χ3n) is 4.85. The summed E-state index contributed by atoms with van der Waals surface area (Å²) in [4.78, 5) is 41.6. The minimum absolute atomic E-state index is 0.0497. The maximum Gasteiger partial charge on any atom is 0.242 e. The van der Waals surface area contributed by atoms with E-state index in [1.807, 2.05) is 35.2 Å². The van der Waals surface area contributed by atoms with Gasteiger partial charge in [-0.3, -0.25) is 14.4 Å². The lowest BCUT2D eigenvalue weighted by Gasteiger charge is -2.35. The van der Waals surface area contributed by atoms with Gasteiger partial charge in [0.05, 0.1) is 6.54 Å². The Hall–Kier alpha value is -2.37. The molecule has 1 saturated carbocycles. The molecule has 1 heterocycles. The van der Waals surface area contributed by atoms with E-state index in [-0.39, 0.29) is 30.7 Å². The van der Waals surface area contributed by atoms with Gasteiger partial charge in [0.15, 0.2) is 0 Å². The van der Waals surface area contributed by atoms with Gasteiger partial charge in [-0.25, -0.2) is 0 Å². The SMILES string of the molecule is CC(=O)N(CCC(=O)N1CCN(C2CC2)C(=O)C1)Cc1ccccc1. The van der Waals surface area contributed by atoms with Crippen molar-refractivity contribution in [3.8, 4) is 0 Å². The van der Waals surface area contributed by atoms with Gasteiger partial charge in [0.25, 0.3) is 0 Å². The molecule has 0 radical (unpaired) electrons. The fraction of sp³-hybridized carbons (Fsp3) is 0.526. The van der Waals surface area contributed by atoms with Crippen LogP contribution in [0.5, 0.6) is 0 Å². The molecule has 6 nitrogen and oxygen atoms in total. The second kappa shape index (κ2) is 7.68. The van der Waals surface area contributed by atoms with Gasteiger partial charge in [0.1, 0.15) is 0 Å². The van der Waals surface area contributed by atoms with E-state index >= 15 is 0 Å². The highest BCUT2D eigenvalue weighted by molar-refractivity contribution is 5.86. The summed E-state index contributed by atoms with van der Waals surface area (Å²) in [5, 5.41) is 0. The number of carbonyl (C=O) groups is 3. The zero-order chi connectivity index (χ0) is 17.8. The van der Waals surface area contributed by atoms with Crippen molar-refractivity contribution in [1.29, 1.82) is 0 Å². The largest absolute Gasteiger partial charge is 0.338 e. The summed E-state index contributed by atoms with van der Waals surface area (Å²) in [7, 11) is 0. The zero-order valence-electron chi connectivity index (χ0n) is 14.7. The molecule has 1 saturated heterocycles. The Kier molecular flexibility index (Phi) is 5.36. The summed E-state index contributed by atoms with van der Waals surface area (Å²) >= 11 is 0. The minimum atomic E-state index is -0.0527. The standard InChI is InChI=1S/C19H25N3O3/c1-15(23)20(13-16-5-3-2-4-6-16)10-9-18(24)21-11-12-22(17-7-8-17)19(25)14-21/h2-6,17H,7-14H2,1H3. The van der Waals surface area contributed by atoms with Gasteiger partial charge >= 0.3 is 0 Å². The molecule has 1 aromatic carbocycles. The van der Waals surface area contributed by atoms with E-state index in [0.717, 1.165) is 18.4 Å². The summed E-state index contributed by atoms with van der Waals surface area (Å²) < 4.78 is 0. The van der Waals surface area contributed by atoms with E-state index in [9.17, 15) is 14.4 Å². The van der Waals surface area contributed by atoms with Gasteiger partial charge in [-0.15, -0.1) is 0 Å². The van der Waals surface area contributed by atoms with Crippen LogP contribution in [-0.4, -0.2) is 64.6 Å². The molecular formula is C19H25N3O3. The van der Waals surface area contributed by atoms with Crippen molar-refractivity contribution in [3.05, 3.63) is 35.9 Å². The molecule has 1 aliphatic carbocycles. The van der Waals surface area contributed by atoms with E-state index in [0.29, 0.717) is 32.2 Å². The minimum Gasteiger partial charge on any atom is -0.338 e. The van der Waals surface area contributed by atoms with Crippen molar-refractivity contribution in [2.45, 2.75) is 38.8 Å². The Morgan fingerprint density at radius 2 is 1.88 bits per heavy atom. The van der Waals surface area contributed by atoms with E-state index in [2.05, 4.69) is 0 Å². The summed E-state index contributed by atoms with van der Waals surface area (Å²) in [5.41, 5.74) is 1.04. The summed E-state index contributed by atoms with van der Waals surface area (Å²) in [5.74, 6) is -0.0517. The van der Waals surface area contributed by atoms with Crippen LogP contribution in [0.4, 0.5) is 0 Å². The van der Waals surface area contributed by atoms with Crippen LogP contribution in [0.25, 0.3) is 0 Å². The Bertz CT molecular complexity index is 643. The first-order valence-corrected chi connectivity index (χ1v) is 8.91. The summed E-state index contributed by atoms with van der Waals surface area (Å²) in [6, 6.07) is 10.1. The van der Waals surface area contributed by atoms with E-state index in [4.69, 9.17) is 0 Å². The van der Waals surface area contributed by atoms with Crippen molar-refractivity contribution in [2.75, 3.05) is 26.2 Å². The first kappa shape index (κ1) is 17.5. The lowest BCUT2D eigenvalue weighted by Crippen LogP contribution is -2.53. The van der Waals surface area contributed by atoms with Crippen LogP contribution in [0.15, 0.2) is 30.3 Å². The highest BCUT2D eigenvalue weighted by Gasteiger charge is 2.36. The molecule has 6 heteroatoms. The maximum absolute atomic E-state index is 12.4. The summed E-state index contributed by atoms with van der Waals surface area (Å²) in [6.07, 6.45) is 2.43. The topological polar surface area (TPSA) is 60.9 Å². The highest BCUT2D eigenvalue weighted by atomic mass is 16.2. The van der Waals surface area contributed by atoms with Crippen molar-refractivity contribution in [1.82, 2.24) is 14.7 Å². The van der Waals surface area contributed by atoms with Gasteiger partial charge in [-0.1, -0.05) is 30.3 Å². The van der Waals surface area contributed by atoms with Crippen molar-refractivity contribution >= 4 is 17.7 Å². The molecule has 0 bridgehead atoms. The monoisotopic (exact) mass is 343 g/mol. The van der Waals surface area contributed by atoms with E-state index in [1.54, 1.807) is 9.80 Å². The predicted molar refractivity (Wildman–Crippen MR) is 93.5 cm³/mol. The second-order valence-corrected chi connectivity index (χ2v) is 6.81. The lowest BCUT2D eigenvalue weighted by atomic mass is 10.2. The number of hydrogen-bond acceptors (Lipinski definition) is 3. The number of rotatable bonds is 6. The zero-order valence-corrected chi connectivity index (χ0v) is 14.7. The molecule has 1 aliphatic heterocycles. The molecule has 25 heavy (non-hydrogen) atoms. The molecule has 0 aromatic heterocycles. The quantitative estimate of drug-likeness (QED) is 0.781. The fourth-order valence-electron chi connectivity index (χ4n) is 3.21. The van der Waals surface area contributed by atoms with Crippen molar-refractivity contribution < 1.29 is 14.4 Å². The smallest absolute Gasteiger partial charge is 0.242 e. The van der Waals surface area contributed by atoms with Crippen LogP contribution < -0.4 is 0 Å². The number of hydrogen-bond donors (Lipinski definition) is 0. The Balaban J connectivity index is 1.49. The molecule has 3 amide bonds. The van der Waals surface area contributed by atoms with Crippen LogP contribution in [0.1, 0.15) is 31.7 Å². The predicted octanol–water partition coefficient (Wildman–Crippen LogP) is 1.26. The van der Waals surface area contributed by atoms with Gasteiger partial charge in [0, 0.05) is 45.6 Å². The maximum atomic E-state index is 12.4. The van der Waals surface area contributed by atoms with Crippen LogP contribution >= 0.6 is 0 Å². The molecule has 2 aliphatic rings. The average Bonchev–Trinajstić information content (AvgIpc) is 3.43. The first-order valence-electron chi connectivity index (χ1n) is 8.91. The van der Waals surface area contributed by atoms with Crippen molar-refractivity contribution in [3.63, 3.8) is 0 Å². The normalized spacial score (nSPS) is 17.6. The fourth-order valence-corrected chi connectivity index (χ4v) is 3.21. The molecular weight excluding hydrogens is 318 g/mol. The van der Waals surface area contributed by atoms with Crippen LogP contribution in [-0.2, 0) is 20.9 Å². The third kappa shape index (κ3) is 4.59. The number of piperazine rings is 1. The van der Waals surface area contributed by atoms with Gasteiger partial charge in [-0.05, 0) is 18.4 Å². The Morgan fingerprint density at radius 1 is 1.16 bits per heavy atom. The molecule has 0 atom stereocenters. The number of benzene rings is 1. The molecule has 3 rings (SSSR count). The van der Waals surface area contributed by atoms with Gasteiger partial charge in [-0.2, -0.15) is 0 Å². The molecule has 0 N–H and O–H groups in total. The lowest BCUT2D eigenvalue weighted by molar-refractivity contribution is -0.146. The van der Waals surface area contributed by atoms with Gasteiger partial charge < -0.3 is 14.7 Å². The molecule has 134 valence electrons. The van der Waals surface area contributed by atoms with Crippen LogP contribution in [0.2, 0.25) is 0 Å². The Labute approximate surface area is 148 Å². The van der Waals surface area contributed by atoms with E-state index in [1.165, 1.54) is 6.92 Å². The summed E-state index contributed by atoms with van der Waals surface area (Å²) in [6.45, 7) is 3.80. The second-order valence-electron chi connectivity index (χ2n) is 6.81. The van der Waals surface area contributed by atoms with Crippen LogP contribution in [0.3, 0.4) is 0 Å². The van der Waals surface area contributed by atoms with Gasteiger partial charge in [0.2, 0.25) is 17.7 Å². The first-order chi connectivity index (χ1) is 12.0. The third-order valence-corrected chi connectivity index (χ3v) is 4.85. The van der Waals surface area contributed by atoms with Crippen molar-refractivity contribution in [2.24, 2.45) is 0 Å². The number of amides is 3. The van der Waals surface area contributed by atoms with E-state index < -0.39 is 0 Å². The average molecular weight is 343 g/mol. The molecule has 0 spiro atoms. The molecule has 1 aromatic rings. The molecule has 2 fully saturated rings. The number of nitrogens with zero attached hydrogens (tertiary/aromatic N) is 3. The molecule has 0 unspecified atom stereocenters. The van der Waals surface area contributed by atoms with Crippen LogP contribution in [0, 0.1) is 0 Å². The highest BCUT2D eigenvalue weighted by Crippen LogP contribution is 2.28. The number of carbonyl (C=O) groups excluding carboxylic acids is 3.